The normalized spacial score (nSPS) is 24.6. The Bertz CT molecular complexity index is 491. The third-order valence-electron chi connectivity index (χ3n) is 5.90. The summed E-state index contributed by atoms with van der Waals surface area (Å²) in [6.45, 7) is 11.2. The Morgan fingerprint density at radius 2 is 1.91 bits per heavy atom. The second-order valence-electron chi connectivity index (χ2n) is 7.83. The van der Waals surface area contributed by atoms with Crippen LogP contribution in [-0.4, -0.2) is 44.8 Å². The number of nitrogens with one attached hydrogen (secondary N) is 1. The van der Waals surface area contributed by atoms with E-state index in [4.69, 9.17) is 4.74 Å². The smallest absolute Gasteiger partial charge is 0.0508 e. The van der Waals surface area contributed by atoms with E-state index in [2.05, 4.69) is 48.3 Å². The molecule has 23 heavy (non-hydrogen) atoms. The van der Waals surface area contributed by atoms with Gasteiger partial charge in [0.2, 0.25) is 0 Å². The van der Waals surface area contributed by atoms with Crippen molar-refractivity contribution in [3.05, 3.63) is 35.4 Å². The maximum Gasteiger partial charge on any atom is 0.0508 e. The Labute approximate surface area is 141 Å². The summed E-state index contributed by atoms with van der Waals surface area (Å²) in [6.07, 6.45) is 2.59. The lowest BCUT2D eigenvalue weighted by molar-refractivity contribution is 0.0716. The van der Waals surface area contributed by atoms with Gasteiger partial charge in [0, 0.05) is 32.7 Å². The van der Waals surface area contributed by atoms with Crippen LogP contribution in [0.4, 0.5) is 0 Å². The van der Waals surface area contributed by atoms with Crippen LogP contribution in [0.2, 0.25) is 0 Å². The number of benzene rings is 1. The van der Waals surface area contributed by atoms with Crippen molar-refractivity contribution in [3.63, 3.8) is 0 Å². The first-order valence-electron chi connectivity index (χ1n) is 9.14. The minimum absolute atomic E-state index is 0.471. The van der Waals surface area contributed by atoms with E-state index in [9.17, 15) is 0 Å². The van der Waals surface area contributed by atoms with Crippen molar-refractivity contribution in [2.45, 2.75) is 39.2 Å². The van der Waals surface area contributed by atoms with Gasteiger partial charge in [0.05, 0.1) is 6.61 Å². The van der Waals surface area contributed by atoms with Crippen LogP contribution in [0, 0.1) is 11.3 Å². The van der Waals surface area contributed by atoms with E-state index >= 15 is 0 Å². The molecule has 2 heterocycles. The Morgan fingerprint density at radius 1 is 1.22 bits per heavy atom. The van der Waals surface area contributed by atoms with E-state index in [1.807, 2.05) is 7.11 Å². The van der Waals surface area contributed by atoms with Crippen LogP contribution in [0.25, 0.3) is 0 Å². The SMILES string of the molecule is COCC1CN(Cc2ccc(C(C)C)cc2)CC12CCNCC2. The molecule has 1 N–H and O–H groups in total. The molecule has 0 radical (unpaired) electrons. The molecule has 1 aromatic carbocycles. The molecule has 3 heteroatoms. The summed E-state index contributed by atoms with van der Waals surface area (Å²) in [7, 11) is 1.85. The number of methoxy groups -OCH3 is 1. The van der Waals surface area contributed by atoms with Crippen molar-refractivity contribution in [1.82, 2.24) is 10.2 Å². The van der Waals surface area contributed by atoms with Gasteiger partial charge in [0.1, 0.15) is 0 Å². The highest BCUT2D eigenvalue weighted by Gasteiger charge is 2.46. The van der Waals surface area contributed by atoms with Gasteiger partial charge in [-0.25, -0.2) is 0 Å². The first-order valence-corrected chi connectivity index (χ1v) is 9.14. The van der Waals surface area contributed by atoms with Crippen LogP contribution in [0.3, 0.4) is 0 Å². The highest BCUT2D eigenvalue weighted by Crippen LogP contribution is 2.43. The predicted molar refractivity (Wildman–Crippen MR) is 95.7 cm³/mol. The molecule has 0 bridgehead atoms. The van der Waals surface area contributed by atoms with Crippen molar-refractivity contribution < 1.29 is 4.74 Å². The fourth-order valence-electron chi connectivity index (χ4n) is 4.45. The van der Waals surface area contributed by atoms with E-state index < -0.39 is 0 Å². The molecule has 2 aliphatic heterocycles. The largest absolute Gasteiger partial charge is 0.384 e. The maximum atomic E-state index is 5.55. The van der Waals surface area contributed by atoms with E-state index in [1.54, 1.807) is 0 Å². The number of hydrogen-bond acceptors (Lipinski definition) is 3. The lowest BCUT2D eigenvalue weighted by Gasteiger charge is -2.38. The summed E-state index contributed by atoms with van der Waals surface area (Å²) in [5.41, 5.74) is 3.35. The van der Waals surface area contributed by atoms with Crippen molar-refractivity contribution in [1.29, 1.82) is 0 Å². The summed E-state index contributed by atoms with van der Waals surface area (Å²) < 4.78 is 5.55. The quantitative estimate of drug-likeness (QED) is 0.902. The van der Waals surface area contributed by atoms with Crippen LogP contribution in [-0.2, 0) is 11.3 Å². The molecule has 3 rings (SSSR count). The van der Waals surface area contributed by atoms with Gasteiger partial charge in [-0.3, -0.25) is 4.90 Å². The zero-order valence-electron chi connectivity index (χ0n) is 15.0. The number of piperidine rings is 1. The van der Waals surface area contributed by atoms with E-state index in [-0.39, 0.29) is 0 Å². The summed E-state index contributed by atoms with van der Waals surface area (Å²) in [4.78, 5) is 2.65. The number of hydrogen-bond donors (Lipinski definition) is 1. The molecule has 0 saturated carbocycles. The Morgan fingerprint density at radius 3 is 2.52 bits per heavy atom. The average Bonchev–Trinajstić information content (AvgIpc) is 2.86. The molecule has 0 amide bonds. The highest BCUT2D eigenvalue weighted by molar-refractivity contribution is 5.24. The van der Waals surface area contributed by atoms with Gasteiger partial charge >= 0.3 is 0 Å². The van der Waals surface area contributed by atoms with Crippen LogP contribution >= 0.6 is 0 Å². The fourth-order valence-corrected chi connectivity index (χ4v) is 4.45. The zero-order valence-corrected chi connectivity index (χ0v) is 15.0. The molecule has 2 saturated heterocycles. The molecule has 2 aliphatic rings. The second kappa shape index (κ2) is 7.33. The fraction of sp³-hybridized carbons (Fsp3) is 0.700. The van der Waals surface area contributed by atoms with Crippen molar-refractivity contribution >= 4 is 0 Å². The molecule has 1 spiro atoms. The van der Waals surface area contributed by atoms with Gasteiger partial charge in [-0.15, -0.1) is 0 Å². The second-order valence-corrected chi connectivity index (χ2v) is 7.83. The lowest BCUT2D eigenvalue weighted by atomic mass is 9.71. The molecule has 1 atom stereocenters. The molecule has 0 aromatic heterocycles. The van der Waals surface area contributed by atoms with Crippen LogP contribution < -0.4 is 5.32 Å². The third kappa shape index (κ3) is 3.78. The summed E-state index contributed by atoms with van der Waals surface area (Å²) in [5.74, 6) is 1.30. The Balaban J connectivity index is 1.66. The topological polar surface area (TPSA) is 24.5 Å². The monoisotopic (exact) mass is 316 g/mol. The molecule has 1 aromatic rings. The zero-order chi connectivity index (χ0) is 16.3. The number of rotatable bonds is 5. The maximum absolute atomic E-state index is 5.55. The van der Waals surface area contributed by atoms with Crippen LogP contribution in [0.1, 0.15) is 43.7 Å². The first-order chi connectivity index (χ1) is 11.1. The predicted octanol–water partition coefficient (Wildman–Crippen LogP) is 3.26. The van der Waals surface area contributed by atoms with E-state index in [0.29, 0.717) is 17.3 Å². The summed E-state index contributed by atoms with van der Waals surface area (Å²) in [5, 5.41) is 3.52. The minimum Gasteiger partial charge on any atom is -0.384 e. The first kappa shape index (κ1) is 16.9. The van der Waals surface area contributed by atoms with Gasteiger partial charge in [0.25, 0.3) is 0 Å². The molecule has 3 nitrogen and oxygen atoms in total. The third-order valence-corrected chi connectivity index (χ3v) is 5.90. The van der Waals surface area contributed by atoms with Gasteiger partial charge in [-0.05, 0) is 48.4 Å². The van der Waals surface area contributed by atoms with Crippen LogP contribution in [0.15, 0.2) is 24.3 Å². The van der Waals surface area contributed by atoms with Gasteiger partial charge in [0.15, 0.2) is 0 Å². The summed E-state index contributed by atoms with van der Waals surface area (Å²) >= 11 is 0. The standard InChI is InChI=1S/C20H32N2O/c1-16(2)18-6-4-17(5-7-18)12-22-13-19(14-23-3)20(15-22)8-10-21-11-9-20/h4-7,16,19,21H,8-15H2,1-3H3. The molecule has 2 fully saturated rings. The number of likely N-dealkylation sites (tertiary alicyclic amines) is 1. The number of ether oxygens (including phenoxy) is 1. The molecular weight excluding hydrogens is 284 g/mol. The van der Waals surface area contributed by atoms with Gasteiger partial charge in [-0.1, -0.05) is 38.1 Å². The Hall–Kier alpha value is -0.900. The van der Waals surface area contributed by atoms with Gasteiger partial charge < -0.3 is 10.1 Å². The van der Waals surface area contributed by atoms with Gasteiger partial charge in [-0.2, -0.15) is 0 Å². The Kier molecular flexibility index (Phi) is 5.40. The van der Waals surface area contributed by atoms with E-state index in [1.165, 1.54) is 37.1 Å². The molecule has 1 unspecified atom stereocenters. The van der Waals surface area contributed by atoms with Crippen molar-refractivity contribution in [3.8, 4) is 0 Å². The molecule has 0 aliphatic carbocycles. The summed E-state index contributed by atoms with van der Waals surface area (Å²) in [6, 6.07) is 9.22. The minimum atomic E-state index is 0.471. The van der Waals surface area contributed by atoms with E-state index in [0.717, 1.165) is 26.2 Å². The van der Waals surface area contributed by atoms with Crippen LogP contribution in [0.5, 0.6) is 0 Å². The average molecular weight is 316 g/mol. The van der Waals surface area contributed by atoms with Crippen molar-refractivity contribution in [2.75, 3.05) is 39.9 Å². The molecule has 128 valence electrons. The highest BCUT2D eigenvalue weighted by atomic mass is 16.5. The lowest BCUT2D eigenvalue weighted by Crippen LogP contribution is -2.43. The molecular formula is C20H32N2O. The number of nitrogens with zero attached hydrogens (tertiary/aromatic N) is 1. The van der Waals surface area contributed by atoms with Crippen molar-refractivity contribution in [2.24, 2.45) is 11.3 Å².